The number of ether oxygens (including phenoxy) is 1. The van der Waals surface area contributed by atoms with E-state index in [4.69, 9.17) is 33.2 Å². The number of halogens is 5. The molecule has 222 valence electrons. The molecule has 1 N–H and O–H groups in total. The third kappa shape index (κ3) is 6.10. The number of nitrogens with zero attached hydrogens (tertiary/aromatic N) is 7. The van der Waals surface area contributed by atoms with Crippen LogP contribution in [-0.2, 0) is 6.18 Å². The minimum absolute atomic E-state index is 0.0340. The van der Waals surface area contributed by atoms with E-state index in [1.54, 1.807) is 36.5 Å². The normalized spacial score (nSPS) is 13.5. The van der Waals surface area contributed by atoms with Crippen LogP contribution in [0.3, 0.4) is 0 Å². The Kier molecular flexibility index (Phi) is 7.99. The van der Waals surface area contributed by atoms with Crippen molar-refractivity contribution in [3.05, 3.63) is 94.1 Å². The Morgan fingerprint density at radius 1 is 0.886 bits per heavy atom. The molecule has 1 fully saturated rings. The molecule has 1 aliphatic rings. The zero-order valence-corrected chi connectivity index (χ0v) is 24.2. The van der Waals surface area contributed by atoms with Crippen LogP contribution in [0.15, 0.2) is 72.9 Å². The molecule has 0 spiro atoms. The summed E-state index contributed by atoms with van der Waals surface area (Å²) in [6.45, 7) is 2.14. The number of hydrogen-bond donors (Lipinski definition) is 1. The second-order valence-electron chi connectivity index (χ2n) is 9.72. The predicted octanol–water partition coefficient (Wildman–Crippen LogP) is 7.48. The Hall–Kier alpha value is -4.86. The highest BCUT2D eigenvalue weighted by molar-refractivity contribution is 6.43. The van der Waals surface area contributed by atoms with Gasteiger partial charge in [0.05, 0.1) is 32.9 Å². The number of benzene rings is 3. The number of pyridine rings is 1. The van der Waals surface area contributed by atoms with E-state index in [0.717, 1.165) is 23.2 Å². The van der Waals surface area contributed by atoms with Gasteiger partial charge in [0.1, 0.15) is 5.52 Å². The first-order chi connectivity index (χ1) is 21.2. The average molecular weight is 637 g/mol. The molecule has 0 radical (unpaired) electrons. The monoisotopic (exact) mass is 636 g/mol. The first-order valence-corrected chi connectivity index (χ1v) is 14.0. The Morgan fingerprint density at radius 2 is 1.64 bits per heavy atom. The van der Waals surface area contributed by atoms with Crippen LogP contribution in [0.2, 0.25) is 10.0 Å². The van der Waals surface area contributed by atoms with Crippen LogP contribution in [-0.4, -0.2) is 46.1 Å². The maximum atomic E-state index is 13.6. The van der Waals surface area contributed by atoms with Crippen molar-refractivity contribution in [3.63, 3.8) is 0 Å². The maximum Gasteiger partial charge on any atom is 0.417 e. The van der Waals surface area contributed by atoms with Crippen LogP contribution in [0.4, 0.5) is 36.4 Å². The Morgan fingerprint density at radius 3 is 2.41 bits per heavy atom. The molecule has 0 saturated carbocycles. The molecule has 9 nitrogen and oxygen atoms in total. The van der Waals surface area contributed by atoms with Crippen LogP contribution < -0.4 is 19.9 Å². The third-order valence-corrected chi connectivity index (χ3v) is 7.74. The lowest BCUT2D eigenvalue weighted by atomic mass is 10.1. The van der Waals surface area contributed by atoms with Crippen LogP contribution in [0.25, 0.3) is 10.9 Å². The lowest BCUT2D eigenvalue weighted by Crippen LogP contribution is -2.47. The number of para-hydroxylation sites is 1. The summed E-state index contributed by atoms with van der Waals surface area (Å²) in [5, 5.41) is 13.8. The zero-order valence-electron chi connectivity index (χ0n) is 22.7. The summed E-state index contributed by atoms with van der Waals surface area (Å²) in [6, 6.07) is 19.3. The molecule has 1 aliphatic heterocycles. The summed E-state index contributed by atoms with van der Waals surface area (Å²) in [6.07, 6.45) is -3.09. The largest absolute Gasteiger partial charge is 0.422 e. The second-order valence-corrected chi connectivity index (χ2v) is 10.5. The summed E-state index contributed by atoms with van der Waals surface area (Å²) >= 11 is 12.7. The lowest BCUT2D eigenvalue weighted by Gasteiger charge is -2.36. The van der Waals surface area contributed by atoms with Crippen molar-refractivity contribution in [2.24, 2.45) is 0 Å². The predicted molar refractivity (Wildman–Crippen MR) is 162 cm³/mol. The quantitative estimate of drug-likeness (QED) is 0.203. The van der Waals surface area contributed by atoms with Crippen LogP contribution in [0.5, 0.6) is 11.8 Å². The van der Waals surface area contributed by atoms with Crippen molar-refractivity contribution in [1.29, 1.82) is 5.26 Å². The van der Waals surface area contributed by atoms with Gasteiger partial charge in [0.25, 0.3) is 0 Å². The van der Waals surface area contributed by atoms with E-state index in [1.807, 2.05) is 29.2 Å². The maximum absolute atomic E-state index is 13.6. The van der Waals surface area contributed by atoms with Crippen molar-refractivity contribution >= 4 is 57.4 Å². The lowest BCUT2D eigenvalue weighted by molar-refractivity contribution is -0.137. The fraction of sp³-hybridized carbons (Fsp3) is 0.167. The van der Waals surface area contributed by atoms with E-state index in [9.17, 15) is 13.2 Å². The van der Waals surface area contributed by atoms with Crippen molar-refractivity contribution < 1.29 is 17.9 Å². The molecule has 2 aromatic heterocycles. The topological polar surface area (TPSA) is 103 Å². The molecular weight excluding hydrogens is 616 g/mol. The number of nitrogens with one attached hydrogen (secondary N) is 1. The van der Waals surface area contributed by atoms with Crippen molar-refractivity contribution in [3.8, 4) is 17.8 Å². The molecule has 1 saturated heterocycles. The van der Waals surface area contributed by atoms with Crippen molar-refractivity contribution in [1.82, 2.24) is 19.9 Å². The number of piperazine rings is 1. The molecule has 0 unspecified atom stereocenters. The van der Waals surface area contributed by atoms with E-state index in [0.29, 0.717) is 47.5 Å². The van der Waals surface area contributed by atoms with Crippen LogP contribution >= 0.6 is 23.2 Å². The van der Waals surface area contributed by atoms with E-state index >= 15 is 0 Å². The summed E-state index contributed by atoms with van der Waals surface area (Å²) < 4.78 is 47.0. The van der Waals surface area contributed by atoms with E-state index in [2.05, 4.69) is 30.2 Å². The van der Waals surface area contributed by atoms with E-state index in [-0.39, 0.29) is 23.6 Å². The molecule has 14 heteroatoms. The molecule has 3 aromatic carbocycles. The smallest absolute Gasteiger partial charge is 0.417 e. The standard InChI is InChI=1S/C30H21Cl2F3N8O/c31-22-6-2-7-23(25(22)32)42-12-14-43(15-13-42)28-39-27(38-20-10-9-19(17-36)21(16-20)30(33,34)35)40-29(41-28)44-24-8-1-4-18-5-3-11-37-26(18)24/h1-11,16H,12-15H2,(H,38,39,40,41). The van der Waals surface area contributed by atoms with Gasteiger partial charge in [-0.25, -0.2) is 0 Å². The Balaban J connectivity index is 1.33. The van der Waals surface area contributed by atoms with Gasteiger partial charge in [0.2, 0.25) is 11.9 Å². The van der Waals surface area contributed by atoms with Gasteiger partial charge in [-0.05, 0) is 42.5 Å². The minimum atomic E-state index is -4.73. The molecule has 0 atom stereocenters. The SMILES string of the molecule is N#Cc1ccc(Nc2nc(Oc3cccc4cccnc34)nc(N3CCN(c4cccc(Cl)c4Cl)CC3)n2)cc1C(F)(F)F. The zero-order chi connectivity index (χ0) is 30.8. The first-order valence-electron chi connectivity index (χ1n) is 13.3. The first kappa shape index (κ1) is 29.2. The minimum Gasteiger partial charge on any atom is -0.422 e. The van der Waals surface area contributed by atoms with Crippen molar-refractivity contribution in [2.75, 3.05) is 41.3 Å². The van der Waals surface area contributed by atoms with Gasteiger partial charge in [-0.15, -0.1) is 0 Å². The van der Waals surface area contributed by atoms with Crippen LogP contribution in [0, 0.1) is 11.3 Å². The summed E-state index contributed by atoms with van der Waals surface area (Å²) in [5.41, 5.74) is -0.143. The molecule has 0 amide bonds. The molecule has 5 aromatic rings. The summed E-state index contributed by atoms with van der Waals surface area (Å²) in [5.74, 6) is 0.605. The molecule has 0 aliphatic carbocycles. The highest BCUT2D eigenvalue weighted by atomic mass is 35.5. The number of anilines is 4. The van der Waals surface area contributed by atoms with Gasteiger partial charge in [-0.3, -0.25) is 4.98 Å². The van der Waals surface area contributed by atoms with Gasteiger partial charge in [-0.2, -0.15) is 33.4 Å². The van der Waals surface area contributed by atoms with E-state index in [1.165, 1.54) is 6.07 Å². The van der Waals surface area contributed by atoms with Gasteiger partial charge < -0.3 is 19.9 Å². The van der Waals surface area contributed by atoms with Crippen molar-refractivity contribution in [2.45, 2.75) is 6.18 Å². The number of fused-ring (bicyclic) bond motifs is 1. The fourth-order valence-electron chi connectivity index (χ4n) is 4.81. The van der Waals surface area contributed by atoms with E-state index < -0.39 is 17.3 Å². The summed E-state index contributed by atoms with van der Waals surface area (Å²) in [7, 11) is 0. The van der Waals surface area contributed by atoms with Gasteiger partial charge >= 0.3 is 12.2 Å². The van der Waals surface area contributed by atoms with Gasteiger partial charge in [0.15, 0.2) is 5.75 Å². The highest BCUT2D eigenvalue weighted by Crippen LogP contribution is 2.36. The molecule has 44 heavy (non-hydrogen) atoms. The molecule has 6 rings (SSSR count). The molecule has 0 bridgehead atoms. The number of alkyl halides is 3. The fourth-order valence-corrected chi connectivity index (χ4v) is 5.23. The average Bonchev–Trinajstić information content (AvgIpc) is 3.02. The number of hydrogen-bond acceptors (Lipinski definition) is 9. The Bertz CT molecular complexity index is 1890. The van der Waals surface area contributed by atoms with Crippen LogP contribution in [0.1, 0.15) is 11.1 Å². The van der Waals surface area contributed by atoms with Gasteiger partial charge in [-0.1, -0.05) is 47.5 Å². The summed E-state index contributed by atoms with van der Waals surface area (Å²) in [4.78, 5) is 21.8. The number of rotatable bonds is 6. The third-order valence-electron chi connectivity index (χ3n) is 6.94. The highest BCUT2D eigenvalue weighted by Gasteiger charge is 2.34. The second kappa shape index (κ2) is 12.0. The van der Waals surface area contributed by atoms with Gasteiger partial charge in [0, 0.05) is 43.4 Å². The number of nitriles is 1. The molecular formula is C30H21Cl2F3N8O. The molecule has 3 heterocycles. The number of aromatic nitrogens is 4. The Labute approximate surface area is 259 Å².